The molecule has 0 aromatic heterocycles. The topological polar surface area (TPSA) is 17.1 Å². The first-order chi connectivity index (χ1) is 3.70. The van der Waals surface area contributed by atoms with Crippen molar-refractivity contribution >= 4 is 29.0 Å². The minimum Gasteiger partial charge on any atom is -0.290 e. The van der Waals surface area contributed by atoms with Crippen LogP contribution in [0.1, 0.15) is 0 Å². The molecule has 0 amide bonds. The maximum absolute atomic E-state index is 10.3. The molecule has 1 aliphatic carbocycles. The zero-order chi connectivity index (χ0) is 6.15. The summed E-state index contributed by atoms with van der Waals surface area (Å²) < 4.78 is 0. The molecule has 0 atom stereocenters. The Balaban J connectivity index is 2.98. The Morgan fingerprint density at radius 3 is 1.62 bits per heavy atom. The molecule has 0 radical (unpaired) electrons. The van der Waals surface area contributed by atoms with E-state index in [9.17, 15) is 4.79 Å². The van der Waals surface area contributed by atoms with Crippen molar-refractivity contribution in [3.8, 4) is 0 Å². The van der Waals surface area contributed by atoms with Crippen molar-refractivity contribution in [1.82, 2.24) is 0 Å². The first kappa shape index (κ1) is 5.86. The molecule has 0 saturated heterocycles. The molecular formula is C5H2Cl2O. The van der Waals surface area contributed by atoms with E-state index in [-0.39, 0.29) is 5.78 Å². The van der Waals surface area contributed by atoms with E-state index in [2.05, 4.69) is 0 Å². The molecule has 0 fully saturated rings. The number of halogens is 2. The van der Waals surface area contributed by atoms with Crippen LogP contribution in [0.5, 0.6) is 0 Å². The van der Waals surface area contributed by atoms with Crippen LogP contribution in [0.3, 0.4) is 0 Å². The van der Waals surface area contributed by atoms with E-state index >= 15 is 0 Å². The number of hydrogen-bond acceptors (Lipinski definition) is 1. The van der Waals surface area contributed by atoms with Crippen LogP contribution < -0.4 is 0 Å². The van der Waals surface area contributed by atoms with Crippen molar-refractivity contribution in [1.29, 1.82) is 0 Å². The lowest BCUT2D eigenvalue weighted by molar-refractivity contribution is -0.110. The second kappa shape index (κ2) is 1.92. The summed E-state index contributed by atoms with van der Waals surface area (Å²) in [5.41, 5.74) is 0. The van der Waals surface area contributed by atoms with Gasteiger partial charge in [-0.2, -0.15) is 0 Å². The van der Waals surface area contributed by atoms with Gasteiger partial charge in [-0.25, -0.2) is 0 Å². The SMILES string of the molecule is O=C1C=C(Cl)C(Cl)=C1. The van der Waals surface area contributed by atoms with Gasteiger partial charge in [0.1, 0.15) is 0 Å². The van der Waals surface area contributed by atoms with Gasteiger partial charge in [-0.15, -0.1) is 0 Å². The van der Waals surface area contributed by atoms with Gasteiger partial charge in [0.2, 0.25) is 0 Å². The molecule has 0 saturated carbocycles. The highest BCUT2D eigenvalue weighted by Crippen LogP contribution is 2.23. The van der Waals surface area contributed by atoms with Crippen LogP contribution >= 0.6 is 23.2 Å². The number of hydrogen-bond donors (Lipinski definition) is 0. The third-order valence-corrected chi connectivity index (χ3v) is 1.49. The van der Waals surface area contributed by atoms with Crippen LogP contribution in [0.2, 0.25) is 0 Å². The average Bonchev–Trinajstić information content (AvgIpc) is 1.85. The molecule has 0 heterocycles. The fourth-order valence-corrected chi connectivity index (χ4v) is 0.754. The van der Waals surface area contributed by atoms with Gasteiger partial charge in [-0.3, -0.25) is 4.79 Å². The predicted molar refractivity (Wildman–Crippen MR) is 32.9 cm³/mol. The Kier molecular flexibility index (Phi) is 1.41. The summed E-state index contributed by atoms with van der Waals surface area (Å²) >= 11 is 10.8. The molecule has 0 unspecified atom stereocenters. The minimum absolute atomic E-state index is 0.139. The summed E-state index contributed by atoms with van der Waals surface area (Å²) in [4.78, 5) is 10.3. The Labute approximate surface area is 56.6 Å². The van der Waals surface area contributed by atoms with Gasteiger partial charge in [-0.05, 0) is 0 Å². The molecule has 0 spiro atoms. The third kappa shape index (κ3) is 0.932. The molecule has 42 valence electrons. The molecule has 0 aromatic carbocycles. The van der Waals surface area contributed by atoms with Crippen LogP contribution in [-0.2, 0) is 4.79 Å². The Morgan fingerprint density at radius 2 is 1.50 bits per heavy atom. The fourth-order valence-electron chi connectivity index (χ4n) is 0.429. The van der Waals surface area contributed by atoms with Gasteiger partial charge in [0.15, 0.2) is 5.78 Å². The molecule has 0 aromatic rings. The zero-order valence-corrected chi connectivity index (χ0v) is 5.33. The maximum Gasteiger partial charge on any atom is 0.181 e. The molecular weight excluding hydrogens is 147 g/mol. The van der Waals surface area contributed by atoms with Crippen molar-refractivity contribution in [2.24, 2.45) is 0 Å². The molecule has 8 heavy (non-hydrogen) atoms. The third-order valence-electron chi connectivity index (χ3n) is 0.766. The first-order valence-electron chi connectivity index (χ1n) is 1.99. The quantitative estimate of drug-likeness (QED) is 0.513. The van der Waals surface area contributed by atoms with Crippen LogP contribution in [-0.4, -0.2) is 5.78 Å². The predicted octanol–water partition coefficient (Wildman–Crippen LogP) is 1.81. The lowest BCUT2D eigenvalue weighted by atomic mass is 10.5. The van der Waals surface area contributed by atoms with Crippen LogP contribution in [0.25, 0.3) is 0 Å². The molecule has 1 aliphatic rings. The summed E-state index contributed by atoms with van der Waals surface area (Å²) in [6.07, 6.45) is 2.56. The minimum atomic E-state index is -0.139. The number of ketones is 1. The van der Waals surface area contributed by atoms with E-state index in [0.29, 0.717) is 10.1 Å². The summed E-state index contributed by atoms with van der Waals surface area (Å²) in [6, 6.07) is 0. The van der Waals surface area contributed by atoms with E-state index in [0.717, 1.165) is 0 Å². The van der Waals surface area contributed by atoms with Crippen LogP contribution in [0, 0.1) is 0 Å². The molecule has 0 aliphatic heterocycles. The van der Waals surface area contributed by atoms with E-state index in [1.165, 1.54) is 12.2 Å². The number of allylic oxidation sites excluding steroid dienone is 4. The normalized spacial score (nSPS) is 18.5. The van der Waals surface area contributed by atoms with Gasteiger partial charge in [0.05, 0.1) is 10.1 Å². The van der Waals surface area contributed by atoms with Crippen molar-refractivity contribution in [2.75, 3.05) is 0 Å². The molecule has 1 nitrogen and oxygen atoms in total. The maximum atomic E-state index is 10.3. The molecule has 3 heteroatoms. The second-order valence-corrected chi connectivity index (χ2v) is 2.20. The van der Waals surface area contributed by atoms with Gasteiger partial charge >= 0.3 is 0 Å². The van der Waals surface area contributed by atoms with Gasteiger partial charge < -0.3 is 0 Å². The lowest BCUT2D eigenvalue weighted by Crippen LogP contribution is -1.76. The van der Waals surface area contributed by atoms with E-state index in [4.69, 9.17) is 23.2 Å². The molecule has 0 bridgehead atoms. The van der Waals surface area contributed by atoms with Gasteiger partial charge in [0, 0.05) is 12.2 Å². The highest BCUT2D eigenvalue weighted by Gasteiger charge is 2.09. The lowest BCUT2D eigenvalue weighted by Gasteiger charge is -1.80. The standard InChI is InChI=1S/C5H2Cl2O/c6-4-1-3(8)2-5(4)7/h1-2H. The van der Waals surface area contributed by atoms with E-state index in [1.807, 2.05) is 0 Å². The molecule has 0 N–H and O–H groups in total. The van der Waals surface area contributed by atoms with Crippen molar-refractivity contribution in [3.05, 3.63) is 22.2 Å². The highest BCUT2D eigenvalue weighted by atomic mass is 35.5. The smallest absolute Gasteiger partial charge is 0.181 e. The van der Waals surface area contributed by atoms with Crippen molar-refractivity contribution in [3.63, 3.8) is 0 Å². The average molecular weight is 149 g/mol. The Hall–Kier alpha value is -0.270. The van der Waals surface area contributed by atoms with E-state index in [1.54, 1.807) is 0 Å². The summed E-state index contributed by atoms with van der Waals surface area (Å²) in [5.74, 6) is -0.139. The Bertz CT molecular complexity index is 171. The zero-order valence-electron chi connectivity index (χ0n) is 3.82. The number of rotatable bonds is 0. The van der Waals surface area contributed by atoms with Crippen molar-refractivity contribution in [2.45, 2.75) is 0 Å². The molecule has 1 rings (SSSR count). The largest absolute Gasteiger partial charge is 0.290 e. The summed E-state index contributed by atoms with van der Waals surface area (Å²) in [6.45, 7) is 0. The summed E-state index contributed by atoms with van der Waals surface area (Å²) in [5, 5.41) is 0.660. The first-order valence-corrected chi connectivity index (χ1v) is 2.74. The van der Waals surface area contributed by atoms with Gasteiger partial charge in [-0.1, -0.05) is 23.2 Å². The van der Waals surface area contributed by atoms with E-state index < -0.39 is 0 Å². The number of carbonyl (C=O) groups is 1. The monoisotopic (exact) mass is 148 g/mol. The van der Waals surface area contributed by atoms with Gasteiger partial charge in [0.25, 0.3) is 0 Å². The van der Waals surface area contributed by atoms with Crippen LogP contribution in [0.15, 0.2) is 22.2 Å². The Morgan fingerprint density at radius 1 is 1.12 bits per heavy atom. The number of carbonyl (C=O) groups excluding carboxylic acids is 1. The second-order valence-electron chi connectivity index (χ2n) is 1.39. The summed E-state index contributed by atoms with van der Waals surface area (Å²) in [7, 11) is 0. The fraction of sp³-hybridized carbons (Fsp3) is 0. The van der Waals surface area contributed by atoms with Crippen LogP contribution in [0.4, 0.5) is 0 Å². The highest BCUT2D eigenvalue weighted by molar-refractivity contribution is 6.47. The van der Waals surface area contributed by atoms with Crippen molar-refractivity contribution < 1.29 is 4.79 Å².